The van der Waals surface area contributed by atoms with E-state index in [0.717, 1.165) is 0 Å². The minimum atomic E-state index is -0.488. The molecule has 6 heteroatoms. The van der Waals surface area contributed by atoms with Gasteiger partial charge >= 0.3 is 0 Å². The van der Waals surface area contributed by atoms with E-state index in [1.807, 2.05) is 0 Å². The molecule has 0 radical (unpaired) electrons. The van der Waals surface area contributed by atoms with Crippen molar-refractivity contribution in [3.8, 4) is 11.5 Å². The van der Waals surface area contributed by atoms with Gasteiger partial charge in [0.05, 0.1) is 18.2 Å². The van der Waals surface area contributed by atoms with Crippen LogP contribution in [0.3, 0.4) is 0 Å². The number of carbonyl (C=O) groups excluding carboxylic acids is 2. The Labute approximate surface area is 140 Å². The highest BCUT2D eigenvalue weighted by Crippen LogP contribution is 2.18. The van der Waals surface area contributed by atoms with Crippen molar-refractivity contribution in [2.24, 2.45) is 0 Å². The first-order valence-electron chi connectivity index (χ1n) is 7.23. The normalized spacial score (nSPS) is 9.71. The van der Waals surface area contributed by atoms with E-state index in [1.165, 1.54) is 7.11 Å². The Hall–Kier alpha value is -3.28. The van der Waals surface area contributed by atoms with Crippen molar-refractivity contribution in [2.45, 2.75) is 0 Å². The number of nitrogens with one attached hydrogen (secondary N) is 2. The van der Waals surface area contributed by atoms with Crippen LogP contribution in [0.4, 0.5) is 0 Å². The lowest BCUT2D eigenvalue weighted by Gasteiger charge is -2.12. The molecular weight excluding hydrogens is 308 g/mol. The molecule has 2 aromatic rings. The predicted molar refractivity (Wildman–Crippen MR) is 90.1 cm³/mol. The minimum Gasteiger partial charge on any atom is -0.496 e. The molecule has 0 bridgehead atoms. The lowest BCUT2D eigenvalue weighted by Crippen LogP contribution is -2.41. The third kappa shape index (κ3) is 4.13. The van der Waals surface area contributed by atoms with Crippen molar-refractivity contribution in [1.29, 1.82) is 0 Å². The fraction of sp³-hybridized carbons (Fsp3) is 0.111. The molecule has 24 heavy (non-hydrogen) atoms. The third-order valence-corrected chi connectivity index (χ3v) is 3.13. The van der Waals surface area contributed by atoms with Crippen LogP contribution in [0, 0.1) is 0 Å². The molecule has 6 nitrogen and oxygen atoms in total. The Kier molecular flexibility index (Phi) is 5.96. The van der Waals surface area contributed by atoms with Crippen LogP contribution < -0.4 is 20.3 Å². The standard InChI is InChI=1S/C18H18N2O4/c1-3-12-24-16-11-7-5-9-14(16)18(22)20-19-17(21)13-8-4-6-10-15(13)23-2/h3-11H,1,12H2,2H3,(H,19,21)(H,20,22). The second-order valence-electron chi connectivity index (χ2n) is 4.70. The van der Waals surface area contributed by atoms with Crippen molar-refractivity contribution < 1.29 is 19.1 Å². The van der Waals surface area contributed by atoms with Crippen molar-refractivity contribution in [3.05, 3.63) is 72.3 Å². The fourth-order valence-corrected chi connectivity index (χ4v) is 2.01. The summed E-state index contributed by atoms with van der Waals surface area (Å²) in [5.74, 6) is -0.149. The van der Waals surface area contributed by atoms with E-state index in [0.29, 0.717) is 22.6 Å². The van der Waals surface area contributed by atoms with Crippen LogP contribution >= 0.6 is 0 Å². The summed E-state index contributed by atoms with van der Waals surface area (Å²) in [5.41, 5.74) is 5.35. The molecule has 0 atom stereocenters. The number of hydrogen-bond donors (Lipinski definition) is 2. The molecule has 124 valence electrons. The molecule has 2 amide bonds. The summed E-state index contributed by atoms with van der Waals surface area (Å²) in [7, 11) is 1.47. The van der Waals surface area contributed by atoms with Gasteiger partial charge in [0.15, 0.2) is 0 Å². The van der Waals surface area contributed by atoms with Crippen molar-refractivity contribution >= 4 is 11.8 Å². The van der Waals surface area contributed by atoms with Crippen LogP contribution in [0.25, 0.3) is 0 Å². The van der Waals surface area contributed by atoms with Gasteiger partial charge in [-0.2, -0.15) is 0 Å². The largest absolute Gasteiger partial charge is 0.496 e. The molecule has 0 heterocycles. The van der Waals surface area contributed by atoms with Gasteiger partial charge in [-0.25, -0.2) is 0 Å². The summed E-state index contributed by atoms with van der Waals surface area (Å²) in [4.78, 5) is 24.4. The molecule has 0 saturated heterocycles. The highest BCUT2D eigenvalue weighted by molar-refractivity contribution is 6.01. The van der Waals surface area contributed by atoms with Gasteiger partial charge in [-0.15, -0.1) is 0 Å². The molecule has 0 unspecified atom stereocenters. The summed E-state index contributed by atoms with van der Waals surface area (Å²) >= 11 is 0. The van der Waals surface area contributed by atoms with Crippen LogP contribution in [0.15, 0.2) is 61.2 Å². The lowest BCUT2D eigenvalue weighted by molar-refractivity contribution is 0.0843. The van der Waals surface area contributed by atoms with Crippen molar-refractivity contribution in [3.63, 3.8) is 0 Å². The van der Waals surface area contributed by atoms with Gasteiger partial charge in [-0.3, -0.25) is 20.4 Å². The van der Waals surface area contributed by atoms with Crippen LogP contribution in [-0.4, -0.2) is 25.5 Å². The molecule has 0 aromatic heterocycles. The average Bonchev–Trinajstić information content (AvgIpc) is 2.64. The zero-order valence-corrected chi connectivity index (χ0v) is 13.2. The van der Waals surface area contributed by atoms with Gasteiger partial charge in [-0.1, -0.05) is 36.9 Å². The Balaban J connectivity index is 2.05. The van der Waals surface area contributed by atoms with E-state index in [9.17, 15) is 9.59 Å². The number of hydrogen-bond acceptors (Lipinski definition) is 4. The molecule has 2 aromatic carbocycles. The molecule has 0 aliphatic carbocycles. The van der Waals surface area contributed by atoms with E-state index in [1.54, 1.807) is 54.6 Å². The number of benzene rings is 2. The number of ether oxygens (including phenoxy) is 2. The van der Waals surface area contributed by atoms with Gasteiger partial charge in [0, 0.05) is 0 Å². The zero-order chi connectivity index (χ0) is 17.4. The van der Waals surface area contributed by atoms with Gasteiger partial charge in [0.1, 0.15) is 18.1 Å². The maximum Gasteiger partial charge on any atom is 0.273 e. The number of rotatable bonds is 6. The SMILES string of the molecule is C=CCOc1ccccc1C(=O)NNC(=O)c1ccccc1OC. The molecule has 0 aliphatic heterocycles. The predicted octanol–water partition coefficient (Wildman–Crippen LogP) is 2.33. The zero-order valence-electron chi connectivity index (χ0n) is 13.2. The second kappa shape index (κ2) is 8.38. The minimum absolute atomic E-state index is 0.276. The van der Waals surface area contributed by atoms with Crippen LogP contribution in [0.1, 0.15) is 20.7 Å². The number of methoxy groups -OCH3 is 1. The van der Waals surface area contributed by atoms with E-state index < -0.39 is 11.8 Å². The van der Waals surface area contributed by atoms with Crippen molar-refractivity contribution in [1.82, 2.24) is 10.9 Å². The highest BCUT2D eigenvalue weighted by Gasteiger charge is 2.15. The summed E-state index contributed by atoms with van der Waals surface area (Å²) < 4.78 is 10.5. The highest BCUT2D eigenvalue weighted by atomic mass is 16.5. The Morgan fingerprint density at radius 3 is 2.00 bits per heavy atom. The van der Waals surface area contributed by atoms with Crippen LogP contribution in [-0.2, 0) is 0 Å². The summed E-state index contributed by atoms with van der Waals surface area (Å²) in [6, 6.07) is 13.4. The number of carbonyl (C=O) groups is 2. The molecule has 2 N–H and O–H groups in total. The second-order valence-corrected chi connectivity index (χ2v) is 4.70. The fourth-order valence-electron chi connectivity index (χ4n) is 2.01. The number of para-hydroxylation sites is 2. The maximum atomic E-state index is 12.3. The Morgan fingerprint density at radius 1 is 0.958 bits per heavy atom. The molecule has 0 fully saturated rings. The first-order chi connectivity index (χ1) is 11.7. The monoisotopic (exact) mass is 326 g/mol. The Morgan fingerprint density at radius 2 is 1.46 bits per heavy atom. The average molecular weight is 326 g/mol. The van der Waals surface area contributed by atoms with E-state index >= 15 is 0 Å². The van der Waals surface area contributed by atoms with Crippen LogP contribution in [0.2, 0.25) is 0 Å². The summed E-state index contributed by atoms with van der Waals surface area (Å²) in [5, 5.41) is 0. The van der Waals surface area contributed by atoms with Gasteiger partial charge in [0.25, 0.3) is 11.8 Å². The smallest absolute Gasteiger partial charge is 0.273 e. The maximum absolute atomic E-state index is 12.3. The van der Waals surface area contributed by atoms with E-state index in [4.69, 9.17) is 9.47 Å². The number of amides is 2. The third-order valence-electron chi connectivity index (χ3n) is 3.13. The van der Waals surface area contributed by atoms with Gasteiger partial charge in [-0.05, 0) is 24.3 Å². The first-order valence-corrected chi connectivity index (χ1v) is 7.23. The van der Waals surface area contributed by atoms with E-state index in [-0.39, 0.29) is 6.61 Å². The molecular formula is C18H18N2O4. The van der Waals surface area contributed by atoms with Crippen LogP contribution in [0.5, 0.6) is 11.5 Å². The molecule has 0 aliphatic rings. The van der Waals surface area contributed by atoms with Crippen molar-refractivity contribution in [2.75, 3.05) is 13.7 Å². The first kappa shape index (κ1) is 17.1. The van der Waals surface area contributed by atoms with E-state index in [2.05, 4.69) is 17.4 Å². The summed E-state index contributed by atoms with van der Waals surface area (Å²) in [6.07, 6.45) is 1.58. The summed E-state index contributed by atoms with van der Waals surface area (Å²) in [6.45, 7) is 3.84. The van der Waals surface area contributed by atoms with Gasteiger partial charge in [0.2, 0.25) is 0 Å². The number of hydrazine groups is 1. The Bertz CT molecular complexity index is 743. The quantitative estimate of drug-likeness (QED) is 0.631. The topological polar surface area (TPSA) is 76.7 Å². The molecule has 2 rings (SSSR count). The molecule has 0 saturated carbocycles. The lowest BCUT2D eigenvalue weighted by atomic mass is 10.2. The van der Waals surface area contributed by atoms with Gasteiger partial charge < -0.3 is 9.47 Å². The molecule has 0 spiro atoms.